The molecule has 4 N–H and O–H groups in total. The lowest BCUT2D eigenvalue weighted by Crippen LogP contribution is -2.45. The number of nitrogens with zero attached hydrogens (tertiary/aromatic N) is 6. The molecular formula is C44H48N10O3S. The number of benzene rings is 3. The minimum atomic E-state index is -0.460. The van der Waals surface area contributed by atoms with Gasteiger partial charge in [-0.05, 0) is 83.7 Å². The second kappa shape index (κ2) is 15.7. The fourth-order valence-corrected chi connectivity index (χ4v) is 9.04. The number of oxazole rings is 1. The van der Waals surface area contributed by atoms with Crippen LogP contribution in [0.2, 0.25) is 0 Å². The first kappa shape index (κ1) is 37.6. The summed E-state index contributed by atoms with van der Waals surface area (Å²) in [6, 6.07) is 18.5. The van der Waals surface area contributed by atoms with Crippen LogP contribution >= 0.6 is 11.3 Å². The molecule has 2 saturated heterocycles. The van der Waals surface area contributed by atoms with Crippen molar-refractivity contribution in [2.45, 2.75) is 77.5 Å². The van der Waals surface area contributed by atoms with E-state index in [9.17, 15) is 9.59 Å². The summed E-state index contributed by atoms with van der Waals surface area (Å²) in [7, 11) is 0. The third kappa shape index (κ3) is 7.32. The number of rotatable bonds is 12. The molecule has 3 aromatic carbocycles. The quantitative estimate of drug-likeness (QED) is 0.0947. The van der Waals surface area contributed by atoms with E-state index in [-0.39, 0.29) is 41.8 Å². The molecule has 9 rings (SSSR count). The molecule has 2 aliphatic heterocycles. The van der Waals surface area contributed by atoms with Gasteiger partial charge in [0, 0.05) is 36.4 Å². The Morgan fingerprint density at radius 1 is 0.776 bits per heavy atom. The number of anilines is 2. The molecule has 58 heavy (non-hydrogen) atoms. The number of likely N-dealkylation sites (tertiary alicyclic amines) is 2. The van der Waals surface area contributed by atoms with Crippen molar-refractivity contribution in [1.82, 2.24) is 39.7 Å². The molecule has 13 nitrogen and oxygen atoms in total. The predicted octanol–water partition coefficient (Wildman–Crippen LogP) is 8.82. The highest BCUT2D eigenvalue weighted by Crippen LogP contribution is 2.36. The molecule has 6 heterocycles. The van der Waals surface area contributed by atoms with Crippen LogP contribution in [0.3, 0.4) is 0 Å². The molecule has 4 aromatic heterocycles. The summed E-state index contributed by atoms with van der Waals surface area (Å²) >= 11 is 1.51. The average molecular weight is 797 g/mol. The standard InChI is InChI=1S/C44H48N10O3S/c1-25(2)37(51-43-45-15-19-57-43)41(55)53-17-5-7-35(53)39-47-24-34(50-39)31-12-11-27-21-28(9-10-29(27)22-31)30-13-14-32-33(23-30)49-40(48-32)36-8-6-18-54(36)42(56)38(26(3)4)52-44-46-16-20-58-44/h9-16,19-26,35-38H,5-8,17-18H2,1-4H3,(H,45,51)(H,46,52)(H,47,50)(H,48,49)/t35-,36-,37-,38-/m0/s1. The number of carbonyl (C=O) groups is 2. The Bertz CT molecular complexity index is 2540. The molecular weight excluding hydrogens is 749 g/mol. The van der Waals surface area contributed by atoms with Crippen LogP contribution in [0.4, 0.5) is 11.1 Å². The summed E-state index contributed by atoms with van der Waals surface area (Å²) in [5, 5.41) is 11.5. The molecule has 0 bridgehead atoms. The Balaban J connectivity index is 0.905. The largest absolute Gasteiger partial charge is 0.432 e. The lowest BCUT2D eigenvalue weighted by Gasteiger charge is -2.30. The van der Waals surface area contributed by atoms with Gasteiger partial charge in [0.2, 0.25) is 11.8 Å². The number of aromatic amines is 2. The zero-order valence-corrected chi connectivity index (χ0v) is 33.9. The number of aromatic nitrogens is 6. The van der Waals surface area contributed by atoms with E-state index in [1.165, 1.54) is 17.6 Å². The highest BCUT2D eigenvalue weighted by atomic mass is 32.1. The summed E-state index contributed by atoms with van der Waals surface area (Å²) in [6.07, 6.45) is 10.3. The van der Waals surface area contributed by atoms with E-state index in [0.717, 1.165) is 86.7 Å². The number of hydrogen-bond donors (Lipinski definition) is 4. The highest BCUT2D eigenvalue weighted by molar-refractivity contribution is 7.13. The minimum Gasteiger partial charge on any atom is -0.432 e. The monoisotopic (exact) mass is 796 g/mol. The number of carbonyl (C=O) groups excluding carboxylic acids is 2. The van der Waals surface area contributed by atoms with E-state index >= 15 is 0 Å². The molecule has 298 valence electrons. The van der Waals surface area contributed by atoms with Gasteiger partial charge in [-0.1, -0.05) is 58.0 Å². The van der Waals surface area contributed by atoms with E-state index in [2.05, 4.69) is 99.0 Å². The SMILES string of the molecule is CC(C)[C@H](Nc1ncco1)C(=O)N1CCC[C@H]1c1nc(-c2ccc3cc(-c4ccc5[nH]c([C@@H]6CCCN6C(=O)[C@@H](Nc6nccs6)C(C)C)nc5c4)ccc3c2)c[nH]1. The van der Waals surface area contributed by atoms with E-state index < -0.39 is 6.04 Å². The van der Waals surface area contributed by atoms with Crippen LogP contribution in [0, 0.1) is 11.8 Å². The number of hydrogen-bond acceptors (Lipinski definition) is 10. The number of imidazole rings is 2. The van der Waals surface area contributed by atoms with Gasteiger partial charge in [-0.2, -0.15) is 0 Å². The number of nitrogens with one attached hydrogen (secondary N) is 4. The van der Waals surface area contributed by atoms with Crippen LogP contribution in [0.1, 0.15) is 77.1 Å². The van der Waals surface area contributed by atoms with Crippen molar-refractivity contribution >= 4 is 56.1 Å². The molecule has 0 spiro atoms. The second-order valence-electron chi connectivity index (χ2n) is 16.1. The highest BCUT2D eigenvalue weighted by Gasteiger charge is 2.38. The number of thiazole rings is 1. The van der Waals surface area contributed by atoms with Gasteiger partial charge in [0.15, 0.2) is 5.13 Å². The average Bonchev–Trinajstić information content (AvgIpc) is 4.08. The fourth-order valence-electron chi connectivity index (χ4n) is 8.47. The Labute approximate surface area is 340 Å². The first-order valence-electron chi connectivity index (χ1n) is 20.2. The molecule has 0 radical (unpaired) electrons. The molecule has 2 amide bonds. The van der Waals surface area contributed by atoms with E-state index in [4.69, 9.17) is 14.4 Å². The van der Waals surface area contributed by atoms with Crippen LogP contribution in [-0.4, -0.2) is 76.7 Å². The first-order valence-corrected chi connectivity index (χ1v) is 21.1. The van der Waals surface area contributed by atoms with Crippen LogP contribution < -0.4 is 10.6 Å². The molecule has 4 atom stereocenters. The van der Waals surface area contributed by atoms with Crippen molar-refractivity contribution in [3.05, 3.63) is 96.5 Å². The second-order valence-corrected chi connectivity index (χ2v) is 17.0. The Morgan fingerprint density at radius 2 is 1.43 bits per heavy atom. The minimum absolute atomic E-state index is 0.0191. The van der Waals surface area contributed by atoms with Gasteiger partial charge in [0.25, 0.3) is 6.01 Å². The number of amides is 2. The molecule has 0 saturated carbocycles. The van der Waals surface area contributed by atoms with E-state index in [0.29, 0.717) is 19.1 Å². The first-order chi connectivity index (χ1) is 28.2. The van der Waals surface area contributed by atoms with Gasteiger partial charge < -0.3 is 34.8 Å². The zero-order valence-electron chi connectivity index (χ0n) is 33.1. The topological polar surface area (TPSA) is 161 Å². The Hall–Kier alpha value is -6.02. The van der Waals surface area contributed by atoms with E-state index in [1.54, 1.807) is 12.4 Å². The zero-order chi connectivity index (χ0) is 39.9. The van der Waals surface area contributed by atoms with Crippen molar-refractivity contribution in [3.8, 4) is 22.4 Å². The molecule has 0 aliphatic carbocycles. The molecule has 14 heteroatoms. The van der Waals surface area contributed by atoms with Gasteiger partial charge in [0.1, 0.15) is 30.0 Å². The van der Waals surface area contributed by atoms with Crippen LogP contribution in [0.25, 0.3) is 44.2 Å². The molecule has 7 aromatic rings. The molecule has 0 unspecified atom stereocenters. The summed E-state index contributed by atoms with van der Waals surface area (Å²) in [6.45, 7) is 9.56. The summed E-state index contributed by atoms with van der Waals surface area (Å²) in [5.41, 5.74) is 5.86. The van der Waals surface area contributed by atoms with Crippen molar-refractivity contribution in [2.75, 3.05) is 23.7 Å². The maximum Gasteiger partial charge on any atom is 0.295 e. The summed E-state index contributed by atoms with van der Waals surface area (Å²) < 4.78 is 5.38. The van der Waals surface area contributed by atoms with Gasteiger partial charge in [-0.15, -0.1) is 11.3 Å². The Kier molecular flexibility index (Phi) is 10.2. The fraction of sp³-hybridized carbons (Fsp3) is 0.364. The molecule has 2 aliphatic rings. The van der Waals surface area contributed by atoms with Gasteiger partial charge in [-0.25, -0.2) is 19.9 Å². The maximum atomic E-state index is 13.9. The normalized spacial score (nSPS) is 18.2. The van der Waals surface area contributed by atoms with Crippen LogP contribution in [0.5, 0.6) is 0 Å². The van der Waals surface area contributed by atoms with Crippen LogP contribution in [0.15, 0.2) is 89.2 Å². The Morgan fingerprint density at radius 3 is 2.10 bits per heavy atom. The predicted molar refractivity (Wildman–Crippen MR) is 227 cm³/mol. The lowest BCUT2D eigenvalue weighted by atomic mass is 9.99. The summed E-state index contributed by atoms with van der Waals surface area (Å²) in [4.78, 5) is 57.2. The van der Waals surface area contributed by atoms with E-state index in [1.807, 2.05) is 35.2 Å². The lowest BCUT2D eigenvalue weighted by molar-refractivity contribution is -0.134. The third-order valence-electron chi connectivity index (χ3n) is 11.6. The maximum absolute atomic E-state index is 13.9. The van der Waals surface area contributed by atoms with Gasteiger partial charge in [-0.3, -0.25) is 9.59 Å². The number of fused-ring (bicyclic) bond motifs is 2. The summed E-state index contributed by atoms with van der Waals surface area (Å²) in [5.74, 6) is 1.87. The smallest absolute Gasteiger partial charge is 0.295 e. The molecule has 2 fully saturated rings. The van der Waals surface area contributed by atoms with Crippen molar-refractivity contribution in [1.29, 1.82) is 0 Å². The van der Waals surface area contributed by atoms with Crippen LogP contribution in [-0.2, 0) is 9.59 Å². The van der Waals surface area contributed by atoms with Gasteiger partial charge in [0.05, 0.1) is 35.0 Å². The van der Waals surface area contributed by atoms with Crippen molar-refractivity contribution in [2.24, 2.45) is 11.8 Å². The number of H-pyrrole nitrogens is 2. The van der Waals surface area contributed by atoms with Gasteiger partial charge >= 0.3 is 0 Å². The third-order valence-corrected chi connectivity index (χ3v) is 12.3. The van der Waals surface area contributed by atoms with Crippen molar-refractivity contribution < 1.29 is 14.0 Å². The van der Waals surface area contributed by atoms with Crippen molar-refractivity contribution in [3.63, 3.8) is 0 Å².